The van der Waals surface area contributed by atoms with E-state index in [4.69, 9.17) is 9.47 Å². The predicted molar refractivity (Wildman–Crippen MR) is 108 cm³/mol. The van der Waals surface area contributed by atoms with Crippen LogP contribution in [0.25, 0.3) is 0 Å². The first-order valence-corrected chi connectivity index (χ1v) is 10.2. The first kappa shape index (κ1) is 22.5. The van der Waals surface area contributed by atoms with Gasteiger partial charge in [0.15, 0.2) is 6.10 Å². The van der Waals surface area contributed by atoms with Gasteiger partial charge in [0.2, 0.25) is 17.6 Å². The SMILES string of the molecule is COC(=O)c1c(C)[nH]c(C(=O)[C@H](C)OC(=O)CCN2C(=O)[C@H]3CC=CC[C@@H]3C2=O)c1C. The van der Waals surface area contributed by atoms with Gasteiger partial charge in [-0.1, -0.05) is 12.2 Å². The van der Waals surface area contributed by atoms with E-state index in [1.54, 1.807) is 13.8 Å². The maximum Gasteiger partial charge on any atom is 0.339 e. The minimum Gasteiger partial charge on any atom is -0.465 e. The van der Waals surface area contributed by atoms with E-state index in [0.717, 1.165) is 4.90 Å². The Morgan fingerprint density at radius 1 is 1.13 bits per heavy atom. The molecule has 1 aliphatic carbocycles. The summed E-state index contributed by atoms with van der Waals surface area (Å²) in [4.78, 5) is 65.8. The molecule has 1 aromatic rings. The number of ketones is 1. The van der Waals surface area contributed by atoms with Gasteiger partial charge in [-0.15, -0.1) is 0 Å². The van der Waals surface area contributed by atoms with Crippen molar-refractivity contribution in [2.45, 2.75) is 46.1 Å². The van der Waals surface area contributed by atoms with Crippen LogP contribution in [0.5, 0.6) is 0 Å². The molecular weight excluding hydrogens is 404 g/mol. The average molecular weight is 430 g/mol. The number of nitrogens with one attached hydrogen (secondary N) is 1. The zero-order valence-corrected chi connectivity index (χ0v) is 18.0. The fourth-order valence-corrected chi connectivity index (χ4v) is 4.21. The third-order valence-corrected chi connectivity index (χ3v) is 5.89. The lowest BCUT2D eigenvalue weighted by atomic mass is 9.85. The molecule has 0 radical (unpaired) electrons. The number of allylic oxidation sites excluding steroid dienone is 2. The van der Waals surface area contributed by atoms with Gasteiger partial charge in [0.1, 0.15) is 0 Å². The maximum absolute atomic E-state index is 12.7. The summed E-state index contributed by atoms with van der Waals surface area (Å²) in [6.07, 6.45) is 3.55. The number of aromatic amines is 1. The van der Waals surface area contributed by atoms with E-state index in [0.29, 0.717) is 24.1 Å². The number of aromatic nitrogens is 1. The molecule has 0 saturated carbocycles. The number of Topliss-reactive ketones (excluding diaryl/α,β-unsaturated/α-hetero) is 1. The molecule has 9 heteroatoms. The Balaban J connectivity index is 1.59. The first-order valence-electron chi connectivity index (χ1n) is 10.2. The highest BCUT2D eigenvalue weighted by atomic mass is 16.5. The number of hydrogen-bond acceptors (Lipinski definition) is 7. The molecule has 31 heavy (non-hydrogen) atoms. The molecule has 1 fully saturated rings. The smallest absolute Gasteiger partial charge is 0.339 e. The highest BCUT2D eigenvalue weighted by molar-refractivity contribution is 6.06. The zero-order chi connectivity index (χ0) is 22.9. The molecule has 0 unspecified atom stereocenters. The lowest BCUT2D eigenvalue weighted by Crippen LogP contribution is -2.34. The normalized spacial score (nSPS) is 21.1. The molecule has 9 nitrogen and oxygen atoms in total. The molecule has 1 aliphatic heterocycles. The summed E-state index contributed by atoms with van der Waals surface area (Å²) in [5, 5.41) is 0. The van der Waals surface area contributed by atoms with Gasteiger partial charge in [0.05, 0.1) is 36.6 Å². The molecule has 1 N–H and O–H groups in total. The van der Waals surface area contributed by atoms with Gasteiger partial charge in [-0.2, -0.15) is 0 Å². The molecule has 3 atom stereocenters. The number of carbonyl (C=O) groups is 5. The molecule has 2 aliphatic rings. The number of amides is 2. The number of likely N-dealkylation sites (tertiary alicyclic amines) is 1. The summed E-state index contributed by atoms with van der Waals surface area (Å²) >= 11 is 0. The summed E-state index contributed by atoms with van der Waals surface area (Å²) in [5.74, 6) is -2.97. The summed E-state index contributed by atoms with van der Waals surface area (Å²) in [5.41, 5.74) is 1.33. The molecule has 166 valence electrons. The van der Waals surface area contributed by atoms with Gasteiger partial charge >= 0.3 is 11.9 Å². The van der Waals surface area contributed by atoms with Gasteiger partial charge in [-0.25, -0.2) is 4.79 Å². The van der Waals surface area contributed by atoms with Crippen molar-refractivity contribution in [1.29, 1.82) is 0 Å². The van der Waals surface area contributed by atoms with Gasteiger partial charge in [-0.05, 0) is 39.2 Å². The number of H-pyrrole nitrogens is 1. The Hall–Kier alpha value is -3.23. The van der Waals surface area contributed by atoms with Crippen LogP contribution in [0.4, 0.5) is 0 Å². The Bertz CT molecular complexity index is 949. The largest absolute Gasteiger partial charge is 0.465 e. The summed E-state index contributed by atoms with van der Waals surface area (Å²) in [6, 6.07) is 0. The van der Waals surface area contributed by atoms with Crippen molar-refractivity contribution in [3.8, 4) is 0 Å². The number of rotatable bonds is 7. The molecular formula is C22H26N2O7. The van der Waals surface area contributed by atoms with Crippen molar-refractivity contribution in [3.63, 3.8) is 0 Å². The van der Waals surface area contributed by atoms with Crippen LogP contribution in [0.1, 0.15) is 58.3 Å². The monoisotopic (exact) mass is 430 g/mol. The van der Waals surface area contributed by atoms with Crippen LogP contribution < -0.4 is 0 Å². The first-order chi connectivity index (χ1) is 14.7. The van der Waals surface area contributed by atoms with Crippen molar-refractivity contribution >= 4 is 29.5 Å². The van der Waals surface area contributed by atoms with Crippen LogP contribution in [0.15, 0.2) is 12.2 Å². The van der Waals surface area contributed by atoms with Crippen molar-refractivity contribution < 1.29 is 33.4 Å². The van der Waals surface area contributed by atoms with Gasteiger partial charge < -0.3 is 14.5 Å². The lowest BCUT2D eigenvalue weighted by Gasteiger charge is -2.16. The highest BCUT2D eigenvalue weighted by Crippen LogP contribution is 2.35. The third kappa shape index (κ3) is 4.17. The third-order valence-electron chi connectivity index (χ3n) is 5.89. The van der Waals surface area contributed by atoms with E-state index < -0.39 is 23.8 Å². The van der Waals surface area contributed by atoms with Crippen LogP contribution in [0.3, 0.4) is 0 Å². The van der Waals surface area contributed by atoms with Crippen LogP contribution in [-0.2, 0) is 23.9 Å². The standard InChI is InChI=1S/C22H26N2O7/c1-11-17(22(29)30-4)12(2)23-18(11)19(26)13(3)31-16(25)9-10-24-20(27)14-7-5-6-8-15(14)21(24)28/h5-6,13-15,23H,7-10H2,1-4H3/t13-,14-,15-/m0/s1. The number of hydrogen-bond donors (Lipinski definition) is 1. The molecule has 2 amide bonds. The minimum atomic E-state index is -1.11. The second kappa shape index (κ2) is 8.87. The van der Waals surface area contributed by atoms with Crippen molar-refractivity contribution in [3.05, 3.63) is 34.7 Å². The van der Waals surface area contributed by atoms with Crippen LogP contribution in [-0.4, -0.2) is 59.2 Å². The van der Waals surface area contributed by atoms with Crippen molar-refractivity contribution in [2.24, 2.45) is 11.8 Å². The van der Waals surface area contributed by atoms with Gasteiger partial charge in [0, 0.05) is 12.2 Å². The summed E-state index contributed by atoms with van der Waals surface area (Å²) < 4.78 is 9.95. The Morgan fingerprint density at radius 3 is 2.26 bits per heavy atom. The molecule has 0 bridgehead atoms. The van der Waals surface area contributed by atoms with Crippen LogP contribution in [0.2, 0.25) is 0 Å². The molecule has 1 aromatic heterocycles. The van der Waals surface area contributed by atoms with Crippen LogP contribution in [0, 0.1) is 25.7 Å². The Morgan fingerprint density at radius 2 is 1.71 bits per heavy atom. The van der Waals surface area contributed by atoms with E-state index in [1.807, 2.05) is 12.2 Å². The topological polar surface area (TPSA) is 123 Å². The van der Waals surface area contributed by atoms with E-state index in [1.165, 1.54) is 14.0 Å². The molecule has 0 aromatic carbocycles. The van der Waals surface area contributed by atoms with E-state index in [-0.39, 0.29) is 47.9 Å². The average Bonchev–Trinajstić information content (AvgIpc) is 3.18. The van der Waals surface area contributed by atoms with E-state index >= 15 is 0 Å². The molecule has 3 rings (SSSR count). The fraction of sp³-hybridized carbons (Fsp3) is 0.500. The Kier molecular flexibility index (Phi) is 6.42. The molecule has 0 spiro atoms. The minimum absolute atomic E-state index is 0.0719. The number of esters is 2. The maximum atomic E-state index is 12.7. The molecule has 1 saturated heterocycles. The summed E-state index contributed by atoms with van der Waals surface area (Å²) in [7, 11) is 1.25. The van der Waals surface area contributed by atoms with Crippen molar-refractivity contribution in [1.82, 2.24) is 9.88 Å². The van der Waals surface area contributed by atoms with E-state index in [2.05, 4.69) is 4.98 Å². The Labute approximate surface area is 179 Å². The van der Waals surface area contributed by atoms with E-state index in [9.17, 15) is 24.0 Å². The van der Waals surface area contributed by atoms with Crippen molar-refractivity contribution in [2.75, 3.05) is 13.7 Å². The number of fused-ring (bicyclic) bond motifs is 1. The quantitative estimate of drug-likeness (QED) is 0.303. The second-order valence-corrected chi connectivity index (χ2v) is 7.85. The number of methoxy groups -OCH3 is 1. The predicted octanol–water partition coefficient (Wildman–Crippen LogP) is 1.87. The highest BCUT2D eigenvalue weighted by Gasteiger charge is 2.47. The number of imide groups is 1. The second-order valence-electron chi connectivity index (χ2n) is 7.85. The number of nitrogens with zero attached hydrogens (tertiary/aromatic N) is 1. The number of ether oxygens (including phenoxy) is 2. The zero-order valence-electron chi connectivity index (χ0n) is 18.0. The number of carbonyl (C=O) groups excluding carboxylic acids is 5. The lowest BCUT2D eigenvalue weighted by molar-refractivity contribution is -0.147. The van der Waals surface area contributed by atoms with Crippen LogP contribution >= 0.6 is 0 Å². The fourth-order valence-electron chi connectivity index (χ4n) is 4.21. The van der Waals surface area contributed by atoms with Gasteiger partial charge in [0.25, 0.3) is 0 Å². The number of aryl methyl sites for hydroxylation is 1. The summed E-state index contributed by atoms with van der Waals surface area (Å²) in [6.45, 7) is 4.61. The molecule has 2 heterocycles. The van der Waals surface area contributed by atoms with Gasteiger partial charge in [-0.3, -0.25) is 24.1 Å².